The van der Waals surface area contributed by atoms with Crippen LogP contribution >= 0.6 is 11.8 Å². The summed E-state index contributed by atoms with van der Waals surface area (Å²) in [6.07, 6.45) is 1.33. The molecule has 1 saturated heterocycles. The van der Waals surface area contributed by atoms with E-state index in [-0.39, 0.29) is 17.2 Å². The van der Waals surface area contributed by atoms with Gasteiger partial charge >= 0.3 is 0 Å². The molecule has 26 heavy (non-hydrogen) atoms. The number of ether oxygens (including phenoxy) is 1. The first-order valence-corrected chi connectivity index (χ1v) is 9.65. The van der Waals surface area contributed by atoms with Gasteiger partial charge in [-0.3, -0.25) is 14.5 Å². The largest absolute Gasteiger partial charge is 0.495 e. The third kappa shape index (κ3) is 3.85. The number of rotatable bonds is 6. The molecule has 0 spiro atoms. The minimum absolute atomic E-state index is 0.0151. The molecular weight excluding hydrogens is 348 g/mol. The van der Waals surface area contributed by atoms with Gasteiger partial charge in [0.25, 0.3) is 0 Å². The van der Waals surface area contributed by atoms with Crippen molar-refractivity contribution in [2.24, 2.45) is 0 Å². The van der Waals surface area contributed by atoms with Crippen molar-refractivity contribution in [2.75, 3.05) is 23.1 Å². The van der Waals surface area contributed by atoms with E-state index in [2.05, 4.69) is 5.32 Å². The highest BCUT2D eigenvalue weighted by atomic mass is 32.2. The lowest BCUT2D eigenvalue weighted by Crippen LogP contribution is -2.28. The van der Waals surface area contributed by atoms with Crippen LogP contribution in [-0.2, 0) is 9.59 Å². The highest BCUT2D eigenvalue weighted by molar-refractivity contribution is 8.00. The molecule has 0 aromatic heterocycles. The number of hydrogen-bond donors (Lipinski definition) is 1. The maximum atomic E-state index is 12.5. The van der Waals surface area contributed by atoms with Gasteiger partial charge in [-0.15, -0.1) is 11.8 Å². The van der Waals surface area contributed by atoms with Crippen LogP contribution in [0.25, 0.3) is 0 Å². The van der Waals surface area contributed by atoms with E-state index in [1.165, 1.54) is 0 Å². The van der Waals surface area contributed by atoms with E-state index in [1.54, 1.807) is 23.8 Å². The number of anilines is 2. The summed E-state index contributed by atoms with van der Waals surface area (Å²) in [5, 5.41) is 2.77. The number of methoxy groups -OCH3 is 1. The average molecular weight is 370 g/mol. The van der Waals surface area contributed by atoms with Crippen LogP contribution < -0.4 is 15.0 Å². The Labute approximate surface area is 157 Å². The highest BCUT2D eigenvalue weighted by Gasteiger charge is 2.35. The molecule has 0 saturated carbocycles. The summed E-state index contributed by atoms with van der Waals surface area (Å²) >= 11 is 1.59. The molecule has 1 unspecified atom stereocenters. The Morgan fingerprint density at radius 2 is 1.96 bits per heavy atom. The molecule has 136 valence electrons. The predicted molar refractivity (Wildman–Crippen MR) is 106 cm³/mol. The SMILES string of the molecule is CCCC(=O)Nc1ccc(C2SCC(=O)N2c2ccccc2OC)cc1. The second-order valence-electron chi connectivity index (χ2n) is 6.02. The fourth-order valence-electron chi connectivity index (χ4n) is 2.94. The standard InChI is InChI=1S/C20H22N2O3S/c1-3-6-18(23)21-15-11-9-14(10-12-15)20-22(19(24)13-26-20)16-7-4-5-8-17(16)25-2/h4-5,7-12,20H,3,6,13H2,1-2H3,(H,21,23). The van der Waals surface area contributed by atoms with Gasteiger partial charge < -0.3 is 10.1 Å². The molecule has 3 rings (SSSR count). The summed E-state index contributed by atoms with van der Waals surface area (Å²) in [5.41, 5.74) is 2.56. The Morgan fingerprint density at radius 3 is 2.65 bits per heavy atom. The van der Waals surface area contributed by atoms with Crippen molar-refractivity contribution >= 4 is 35.0 Å². The van der Waals surface area contributed by atoms with Gasteiger partial charge in [-0.05, 0) is 36.2 Å². The summed E-state index contributed by atoms with van der Waals surface area (Å²) in [5.74, 6) is 1.18. The van der Waals surface area contributed by atoms with Crippen molar-refractivity contribution in [3.63, 3.8) is 0 Å². The number of para-hydroxylation sites is 2. The smallest absolute Gasteiger partial charge is 0.238 e. The minimum atomic E-state index is -0.112. The molecule has 1 fully saturated rings. The van der Waals surface area contributed by atoms with Crippen LogP contribution in [0.15, 0.2) is 48.5 Å². The van der Waals surface area contributed by atoms with Crippen molar-refractivity contribution in [2.45, 2.75) is 25.1 Å². The number of benzene rings is 2. The minimum Gasteiger partial charge on any atom is -0.495 e. The summed E-state index contributed by atoms with van der Waals surface area (Å²) in [7, 11) is 1.61. The van der Waals surface area contributed by atoms with Gasteiger partial charge in [0.05, 0.1) is 18.6 Å². The summed E-state index contributed by atoms with van der Waals surface area (Å²) in [6.45, 7) is 1.98. The van der Waals surface area contributed by atoms with E-state index in [0.717, 1.165) is 23.4 Å². The van der Waals surface area contributed by atoms with Crippen LogP contribution in [-0.4, -0.2) is 24.7 Å². The average Bonchev–Trinajstić information content (AvgIpc) is 3.04. The molecule has 0 aliphatic carbocycles. The molecule has 1 aliphatic heterocycles. The Morgan fingerprint density at radius 1 is 1.23 bits per heavy atom. The van der Waals surface area contributed by atoms with E-state index < -0.39 is 0 Å². The van der Waals surface area contributed by atoms with Crippen molar-refractivity contribution in [3.05, 3.63) is 54.1 Å². The normalized spacial score (nSPS) is 16.6. The van der Waals surface area contributed by atoms with Crippen LogP contribution in [0.1, 0.15) is 30.7 Å². The zero-order chi connectivity index (χ0) is 18.5. The number of amides is 2. The van der Waals surface area contributed by atoms with E-state index in [0.29, 0.717) is 17.9 Å². The van der Waals surface area contributed by atoms with Gasteiger partial charge in [-0.25, -0.2) is 0 Å². The highest BCUT2D eigenvalue weighted by Crippen LogP contribution is 2.44. The predicted octanol–water partition coefficient (Wildman–Crippen LogP) is 4.21. The molecule has 2 aromatic rings. The summed E-state index contributed by atoms with van der Waals surface area (Å²) in [4.78, 5) is 26.0. The maximum absolute atomic E-state index is 12.5. The first-order valence-electron chi connectivity index (χ1n) is 8.60. The van der Waals surface area contributed by atoms with E-state index in [4.69, 9.17) is 4.74 Å². The van der Waals surface area contributed by atoms with Gasteiger partial charge in [0.1, 0.15) is 11.1 Å². The monoisotopic (exact) mass is 370 g/mol. The van der Waals surface area contributed by atoms with Crippen LogP contribution in [0.2, 0.25) is 0 Å². The lowest BCUT2D eigenvalue weighted by molar-refractivity contribution is -0.116. The third-order valence-electron chi connectivity index (χ3n) is 4.17. The molecule has 1 aliphatic rings. The second-order valence-corrected chi connectivity index (χ2v) is 7.09. The molecule has 1 heterocycles. The lowest BCUT2D eigenvalue weighted by Gasteiger charge is -2.26. The zero-order valence-corrected chi connectivity index (χ0v) is 15.7. The van der Waals surface area contributed by atoms with Gasteiger partial charge in [0.15, 0.2) is 0 Å². The number of nitrogens with one attached hydrogen (secondary N) is 1. The summed E-state index contributed by atoms with van der Waals surface area (Å²) in [6, 6.07) is 15.2. The molecular formula is C20H22N2O3S. The topological polar surface area (TPSA) is 58.6 Å². The third-order valence-corrected chi connectivity index (χ3v) is 5.38. The number of thioether (sulfide) groups is 1. The molecule has 2 amide bonds. The summed E-state index contributed by atoms with van der Waals surface area (Å²) < 4.78 is 5.43. The van der Waals surface area contributed by atoms with E-state index in [9.17, 15) is 9.59 Å². The number of nitrogens with zero attached hydrogens (tertiary/aromatic N) is 1. The Bertz CT molecular complexity index is 792. The molecule has 1 atom stereocenters. The molecule has 0 radical (unpaired) electrons. The number of hydrogen-bond acceptors (Lipinski definition) is 4. The fourth-order valence-corrected chi connectivity index (χ4v) is 4.11. The zero-order valence-electron chi connectivity index (χ0n) is 14.9. The lowest BCUT2D eigenvalue weighted by atomic mass is 10.1. The Hall–Kier alpha value is -2.47. The van der Waals surface area contributed by atoms with Crippen molar-refractivity contribution in [1.29, 1.82) is 0 Å². The van der Waals surface area contributed by atoms with Gasteiger partial charge in [-0.1, -0.05) is 31.2 Å². The maximum Gasteiger partial charge on any atom is 0.238 e. The van der Waals surface area contributed by atoms with Crippen molar-refractivity contribution in [1.82, 2.24) is 0 Å². The molecule has 2 aromatic carbocycles. The Kier molecular flexibility index (Phi) is 5.83. The van der Waals surface area contributed by atoms with Crippen molar-refractivity contribution in [3.8, 4) is 5.75 Å². The quantitative estimate of drug-likeness (QED) is 0.827. The first-order chi connectivity index (χ1) is 12.6. The van der Waals surface area contributed by atoms with Crippen LogP contribution in [0.4, 0.5) is 11.4 Å². The number of carbonyl (C=O) groups excluding carboxylic acids is 2. The molecule has 6 heteroatoms. The van der Waals surface area contributed by atoms with Crippen LogP contribution in [0.5, 0.6) is 5.75 Å². The first kappa shape index (κ1) is 18.3. The van der Waals surface area contributed by atoms with Gasteiger partial charge in [0.2, 0.25) is 11.8 Å². The van der Waals surface area contributed by atoms with Crippen LogP contribution in [0, 0.1) is 0 Å². The van der Waals surface area contributed by atoms with Gasteiger partial charge in [0, 0.05) is 12.1 Å². The van der Waals surface area contributed by atoms with Crippen LogP contribution in [0.3, 0.4) is 0 Å². The van der Waals surface area contributed by atoms with E-state index >= 15 is 0 Å². The van der Waals surface area contributed by atoms with Crippen molar-refractivity contribution < 1.29 is 14.3 Å². The Balaban J connectivity index is 1.83. The molecule has 1 N–H and O–H groups in total. The molecule has 5 nitrogen and oxygen atoms in total. The molecule has 0 bridgehead atoms. The number of carbonyl (C=O) groups is 2. The second kappa shape index (κ2) is 8.27. The van der Waals surface area contributed by atoms with E-state index in [1.807, 2.05) is 55.5 Å². The fraction of sp³-hybridized carbons (Fsp3) is 0.300. The van der Waals surface area contributed by atoms with Gasteiger partial charge in [-0.2, -0.15) is 0 Å².